The van der Waals surface area contributed by atoms with Crippen LogP contribution in [-0.2, 0) is 23.6 Å². The van der Waals surface area contributed by atoms with Crippen LogP contribution in [0.3, 0.4) is 0 Å². The van der Waals surface area contributed by atoms with E-state index in [1.54, 1.807) is 36.4 Å². The van der Waals surface area contributed by atoms with Crippen LogP contribution in [-0.4, -0.2) is 47.3 Å². The summed E-state index contributed by atoms with van der Waals surface area (Å²) in [6.45, 7) is 0.0720. The van der Waals surface area contributed by atoms with Gasteiger partial charge in [0.2, 0.25) is 5.91 Å². The Kier molecular flexibility index (Phi) is 8.13. The Morgan fingerprint density at radius 1 is 0.795 bits per heavy atom. The van der Waals surface area contributed by atoms with E-state index in [0.29, 0.717) is 12.1 Å². The molecule has 1 aliphatic rings. The zero-order valence-electron chi connectivity index (χ0n) is 20.5. The molecule has 0 N–H and O–H groups in total. The van der Waals surface area contributed by atoms with Crippen LogP contribution in [0.25, 0.3) is 6.08 Å². The molecule has 1 atom stereocenters. The van der Waals surface area contributed by atoms with Crippen molar-refractivity contribution in [1.29, 1.82) is 0 Å². The molecule has 2 amide bonds. The summed E-state index contributed by atoms with van der Waals surface area (Å²) in [4.78, 5) is 29.1. The lowest BCUT2D eigenvalue weighted by Crippen LogP contribution is -2.57. The summed E-state index contributed by atoms with van der Waals surface area (Å²) in [6.07, 6.45) is -6.85. The second-order valence-corrected chi connectivity index (χ2v) is 9.16. The number of rotatable bonds is 5. The Labute approximate surface area is 221 Å². The average molecular weight is 547 g/mol. The summed E-state index contributed by atoms with van der Waals surface area (Å²) in [6, 6.07) is 18.3. The molecule has 0 aromatic heterocycles. The zero-order chi connectivity index (χ0) is 28.2. The minimum absolute atomic E-state index is 0.00604. The second kappa shape index (κ2) is 11.3. The lowest BCUT2D eigenvalue weighted by atomic mass is 9.99. The molecular weight excluding hydrogens is 522 g/mol. The predicted octanol–water partition coefficient (Wildman–Crippen LogP) is 6.33. The number of piperazine rings is 1. The number of alkyl halides is 6. The van der Waals surface area contributed by atoms with Gasteiger partial charge in [0.1, 0.15) is 0 Å². The molecular formula is C29H24F6N2O2. The molecule has 4 rings (SSSR count). The Morgan fingerprint density at radius 2 is 1.36 bits per heavy atom. The number of nitrogens with zero attached hydrogens (tertiary/aromatic N) is 2. The molecule has 1 heterocycles. The van der Waals surface area contributed by atoms with E-state index in [-0.39, 0.29) is 38.0 Å². The smallest absolute Gasteiger partial charge is 0.335 e. The second-order valence-electron chi connectivity index (χ2n) is 9.16. The topological polar surface area (TPSA) is 40.6 Å². The predicted molar refractivity (Wildman–Crippen MR) is 133 cm³/mol. The summed E-state index contributed by atoms with van der Waals surface area (Å²) in [7, 11) is 0. The van der Waals surface area contributed by atoms with Gasteiger partial charge in [0.25, 0.3) is 5.91 Å². The van der Waals surface area contributed by atoms with Crippen molar-refractivity contribution in [1.82, 2.24) is 9.80 Å². The van der Waals surface area contributed by atoms with Crippen molar-refractivity contribution in [3.63, 3.8) is 0 Å². The van der Waals surface area contributed by atoms with E-state index in [1.165, 1.54) is 15.9 Å². The molecule has 0 saturated carbocycles. The highest BCUT2D eigenvalue weighted by Crippen LogP contribution is 2.37. The maximum absolute atomic E-state index is 13.4. The third-order valence-electron chi connectivity index (χ3n) is 6.42. The zero-order valence-corrected chi connectivity index (χ0v) is 20.5. The van der Waals surface area contributed by atoms with Gasteiger partial charge in [-0.2, -0.15) is 26.3 Å². The van der Waals surface area contributed by atoms with Gasteiger partial charge < -0.3 is 9.80 Å². The standard InChI is InChI=1S/C29H24F6N2O2/c30-28(31,32)23-16-22(17-24(18-23)29(33,34)35)27(39)37-14-13-36(19-25(37)15-21-9-5-2-6-10-21)26(38)12-11-20-7-3-1-4-8-20/h1-12,16-18,25H,13-15,19H2/b12-11+/t25-/m1/s1. The van der Waals surface area contributed by atoms with Gasteiger partial charge in [-0.3, -0.25) is 9.59 Å². The SMILES string of the molecule is O=C(/C=C/c1ccccc1)N1CCN(C(=O)c2cc(C(F)(F)F)cc(C(F)(F)F)c2)[C@H](Cc2ccccc2)C1. The Morgan fingerprint density at radius 3 is 1.92 bits per heavy atom. The molecule has 204 valence electrons. The van der Waals surface area contributed by atoms with Crippen molar-refractivity contribution < 1.29 is 35.9 Å². The van der Waals surface area contributed by atoms with E-state index in [1.807, 2.05) is 30.3 Å². The third kappa shape index (κ3) is 7.07. The first-order chi connectivity index (χ1) is 18.4. The molecule has 0 aliphatic carbocycles. The molecule has 3 aromatic carbocycles. The van der Waals surface area contributed by atoms with E-state index in [2.05, 4.69) is 0 Å². The van der Waals surface area contributed by atoms with Crippen molar-refractivity contribution in [2.75, 3.05) is 19.6 Å². The van der Waals surface area contributed by atoms with Crippen LogP contribution in [0.4, 0.5) is 26.3 Å². The van der Waals surface area contributed by atoms with Crippen molar-refractivity contribution in [3.8, 4) is 0 Å². The fourth-order valence-corrected chi connectivity index (χ4v) is 4.46. The normalized spacial score (nSPS) is 16.5. The number of hydrogen-bond donors (Lipinski definition) is 0. The first-order valence-electron chi connectivity index (χ1n) is 12.1. The largest absolute Gasteiger partial charge is 0.416 e. The number of halogens is 6. The minimum Gasteiger partial charge on any atom is -0.335 e. The molecule has 0 spiro atoms. The van der Waals surface area contributed by atoms with E-state index in [4.69, 9.17) is 0 Å². The van der Waals surface area contributed by atoms with Crippen LogP contribution < -0.4 is 0 Å². The molecule has 1 saturated heterocycles. The summed E-state index contributed by atoms with van der Waals surface area (Å²) >= 11 is 0. The maximum atomic E-state index is 13.4. The molecule has 0 bridgehead atoms. The molecule has 39 heavy (non-hydrogen) atoms. The molecule has 0 unspecified atom stereocenters. The fraction of sp³-hybridized carbons (Fsp3) is 0.241. The van der Waals surface area contributed by atoms with Gasteiger partial charge in [0.05, 0.1) is 17.2 Å². The van der Waals surface area contributed by atoms with Gasteiger partial charge in [-0.1, -0.05) is 60.7 Å². The van der Waals surface area contributed by atoms with Crippen molar-refractivity contribution in [2.45, 2.75) is 24.8 Å². The van der Waals surface area contributed by atoms with Crippen LogP contribution in [0.2, 0.25) is 0 Å². The van der Waals surface area contributed by atoms with Crippen LogP contribution in [0, 0.1) is 0 Å². The van der Waals surface area contributed by atoms with Gasteiger partial charge >= 0.3 is 12.4 Å². The number of benzene rings is 3. The fourth-order valence-electron chi connectivity index (χ4n) is 4.46. The number of amides is 2. The number of carbonyl (C=O) groups excluding carboxylic acids is 2. The molecule has 10 heteroatoms. The van der Waals surface area contributed by atoms with Crippen LogP contribution in [0.5, 0.6) is 0 Å². The van der Waals surface area contributed by atoms with Crippen LogP contribution in [0.15, 0.2) is 84.9 Å². The van der Waals surface area contributed by atoms with Gasteiger partial charge in [0.15, 0.2) is 0 Å². The summed E-state index contributed by atoms with van der Waals surface area (Å²) < 4.78 is 80.4. The summed E-state index contributed by atoms with van der Waals surface area (Å²) in [5.41, 5.74) is -2.21. The lowest BCUT2D eigenvalue weighted by molar-refractivity contribution is -0.143. The summed E-state index contributed by atoms with van der Waals surface area (Å²) in [5, 5.41) is 0. The number of carbonyl (C=O) groups is 2. The quantitative estimate of drug-likeness (QED) is 0.277. The average Bonchev–Trinajstić information content (AvgIpc) is 2.91. The van der Waals surface area contributed by atoms with Crippen LogP contribution >= 0.6 is 0 Å². The van der Waals surface area contributed by atoms with Gasteiger partial charge in [0, 0.05) is 31.3 Å². The van der Waals surface area contributed by atoms with E-state index in [0.717, 1.165) is 11.1 Å². The molecule has 3 aromatic rings. The van der Waals surface area contributed by atoms with Crippen LogP contribution in [0.1, 0.15) is 32.6 Å². The van der Waals surface area contributed by atoms with E-state index >= 15 is 0 Å². The van der Waals surface area contributed by atoms with Gasteiger partial charge in [-0.25, -0.2) is 0 Å². The minimum atomic E-state index is -5.07. The highest BCUT2D eigenvalue weighted by atomic mass is 19.4. The third-order valence-corrected chi connectivity index (χ3v) is 6.42. The maximum Gasteiger partial charge on any atom is 0.416 e. The lowest BCUT2D eigenvalue weighted by Gasteiger charge is -2.41. The van der Waals surface area contributed by atoms with Gasteiger partial charge in [-0.05, 0) is 41.8 Å². The number of hydrogen-bond acceptors (Lipinski definition) is 2. The monoisotopic (exact) mass is 546 g/mol. The van der Waals surface area contributed by atoms with E-state index in [9.17, 15) is 35.9 Å². The van der Waals surface area contributed by atoms with Crippen molar-refractivity contribution in [2.24, 2.45) is 0 Å². The van der Waals surface area contributed by atoms with Crippen molar-refractivity contribution >= 4 is 17.9 Å². The first kappa shape index (κ1) is 27.9. The highest BCUT2D eigenvalue weighted by molar-refractivity contribution is 5.96. The van der Waals surface area contributed by atoms with Gasteiger partial charge in [-0.15, -0.1) is 0 Å². The molecule has 4 nitrogen and oxygen atoms in total. The summed E-state index contributed by atoms with van der Waals surface area (Å²) in [5.74, 6) is -1.28. The molecule has 0 radical (unpaired) electrons. The highest BCUT2D eigenvalue weighted by Gasteiger charge is 2.39. The van der Waals surface area contributed by atoms with Crippen molar-refractivity contribution in [3.05, 3.63) is 113 Å². The van der Waals surface area contributed by atoms with E-state index < -0.39 is 41.0 Å². The first-order valence-corrected chi connectivity index (χ1v) is 12.1. The Hall–Kier alpha value is -4.08. The Bertz CT molecular complexity index is 1310. The molecule has 1 aliphatic heterocycles. The Balaban J connectivity index is 1.63. The molecule has 1 fully saturated rings.